The molecule has 2 rings (SSSR count). The van der Waals surface area contributed by atoms with E-state index < -0.39 is 0 Å². The first-order chi connectivity index (χ1) is 8.09. The Balaban J connectivity index is 2.08. The van der Waals surface area contributed by atoms with Crippen LogP contribution < -0.4 is 0 Å². The fraction of sp³-hybridized carbons (Fsp3) is 0.333. The van der Waals surface area contributed by atoms with Crippen LogP contribution >= 0.6 is 11.6 Å². The van der Waals surface area contributed by atoms with Crippen LogP contribution in [0.5, 0.6) is 0 Å². The molecule has 0 aromatic heterocycles. The lowest BCUT2D eigenvalue weighted by Gasteiger charge is -2.15. The second-order valence-electron chi connectivity index (χ2n) is 4.03. The number of hydrogen-bond acceptors (Lipinski definition) is 2. The molecule has 0 atom stereocenters. The average molecular weight is 253 g/mol. The summed E-state index contributed by atoms with van der Waals surface area (Å²) in [6, 6.07) is 6.78. The van der Waals surface area contributed by atoms with Gasteiger partial charge in [0.05, 0.1) is 11.6 Å². The van der Waals surface area contributed by atoms with E-state index in [1.807, 2.05) is 0 Å². The van der Waals surface area contributed by atoms with Gasteiger partial charge in [-0.3, -0.25) is 4.79 Å². The molecule has 1 aromatic rings. The van der Waals surface area contributed by atoms with E-state index in [1.54, 1.807) is 36.2 Å². The number of likely N-dealkylation sites (N-methyl/N-ethyl adjacent to an activating group) is 1. The van der Waals surface area contributed by atoms with E-state index in [-0.39, 0.29) is 18.4 Å². The smallest absolute Gasteiger partial charge is 0.320 e. The summed E-state index contributed by atoms with van der Waals surface area (Å²) in [4.78, 5) is 26.7. The van der Waals surface area contributed by atoms with Crippen LogP contribution in [0, 0.1) is 0 Å². The molecule has 0 N–H and O–H groups in total. The Morgan fingerprint density at radius 2 is 2.06 bits per heavy atom. The van der Waals surface area contributed by atoms with Gasteiger partial charge in [0, 0.05) is 25.7 Å². The number of urea groups is 1. The van der Waals surface area contributed by atoms with E-state index in [0.29, 0.717) is 23.7 Å². The molecule has 90 valence electrons. The van der Waals surface area contributed by atoms with Gasteiger partial charge in [0.2, 0.25) is 0 Å². The van der Waals surface area contributed by atoms with Crippen LogP contribution in [0.1, 0.15) is 10.4 Å². The summed E-state index contributed by atoms with van der Waals surface area (Å²) in [6.07, 6.45) is 0. The first kappa shape index (κ1) is 11.9. The first-order valence-corrected chi connectivity index (χ1v) is 5.75. The number of rotatable bonds is 3. The Labute approximate surface area is 105 Å². The SMILES string of the molecule is CN1CCN(CC(=O)c2ccccc2Cl)C1=O. The highest BCUT2D eigenvalue weighted by Gasteiger charge is 2.27. The van der Waals surface area contributed by atoms with E-state index in [0.717, 1.165) is 0 Å². The second kappa shape index (κ2) is 4.75. The maximum atomic E-state index is 12.0. The Bertz CT molecular complexity index is 462. The van der Waals surface area contributed by atoms with E-state index in [2.05, 4.69) is 0 Å². The summed E-state index contributed by atoms with van der Waals surface area (Å²) in [7, 11) is 1.72. The van der Waals surface area contributed by atoms with Crippen LogP contribution in [-0.4, -0.2) is 48.3 Å². The van der Waals surface area contributed by atoms with E-state index in [9.17, 15) is 9.59 Å². The summed E-state index contributed by atoms with van der Waals surface area (Å²) in [5, 5.41) is 0.428. The van der Waals surface area contributed by atoms with Crippen LogP contribution in [0.4, 0.5) is 4.79 Å². The zero-order valence-corrected chi connectivity index (χ0v) is 10.3. The summed E-state index contributed by atoms with van der Waals surface area (Å²) in [5.74, 6) is -0.126. The van der Waals surface area contributed by atoms with Gasteiger partial charge >= 0.3 is 6.03 Å². The normalized spacial score (nSPS) is 15.5. The van der Waals surface area contributed by atoms with Gasteiger partial charge < -0.3 is 9.80 Å². The molecule has 1 aliphatic heterocycles. The Hall–Kier alpha value is -1.55. The molecule has 1 saturated heterocycles. The Morgan fingerprint density at radius 1 is 1.35 bits per heavy atom. The van der Waals surface area contributed by atoms with Crippen LogP contribution in [-0.2, 0) is 0 Å². The number of benzene rings is 1. The lowest BCUT2D eigenvalue weighted by atomic mass is 10.1. The van der Waals surface area contributed by atoms with Crippen LogP contribution in [0.2, 0.25) is 5.02 Å². The van der Waals surface area contributed by atoms with E-state index in [1.165, 1.54) is 4.90 Å². The van der Waals surface area contributed by atoms with Crippen molar-refractivity contribution < 1.29 is 9.59 Å². The van der Waals surface area contributed by atoms with E-state index in [4.69, 9.17) is 11.6 Å². The molecule has 0 unspecified atom stereocenters. The predicted octanol–water partition coefficient (Wildman–Crippen LogP) is 1.89. The highest BCUT2D eigenvalue weighted by molar-refractivity contribution is 6.34. The maximum Gasteiger partial charge on any atom is 0.320 e. The van der Waals surface area contributed by atoms with Crippen LogP contribution in [0.25, 0.3) is 0 Å². The minimum atomic E-state index is -0.126. The zero-order chi connectivity index (χ0) is 12.4. The largest absolute Gasteiger partial charge is 0.326 e. The van der Waals surface area contributed by atoms with Gasteiger partial charge in [-0.25, -0.2) is 4.79 Å². The molecule has 1 aliphatic rings. The van der Waals surface area contributed by atoms with Crippen LogP contribution in [0.3, 0.4) is 0 Å². The summed E-state index contributed by atoms with van der Waals surface area (Å²) in [5.41, 5.74) is 0.469. The lowest BCUT2D eigenvalue weighted by molar-refractivity contribution is 0.0952. The van der Waals surface area contributed by atoms with Crippen LogP contribution in [0.15, 0.2) is 24.3 Å². The first-order valence-electron chi connectivity index (χ1n) is 5.37. The Morgan fingerprint density at radius 3 is 2.65 bits per heavy atom. The number of nitrogens with zero attached hydrogens (tertiary/aromatic N) is 2. The molecule has 1 heterocycles. The van der Waals surface area contributed by atoms with Gasteiger partial charge in [0.1, 0.15) is 0 Å². The molecule has 0 radical (unpaired) electrons. The number of hydrogen-bond donors (Lipinski definition) is 0. The van der Waals surface area contributed by atoms with E-state index >= 15 is 0 Å². The number of carbonyl (C=O) groups is 2. The highest BCUT2D eigenvalue weighted by Crippen LogP contribution is 2.16. The lowest BCUT2D eigenvalue weighted by Crippen LogP contribution is -2.33. The summed E-state index contributed by atoms with van der Waals surface area (Å²) in [6.45, 7) is 1.34. The zero-order valence-electron chi connectivity index (χ0n) is 9.52. The third-order valence-electron chi connectivity index (χ3n) is 2.81. The molecule has 0 saturated carbocycles. The van der Waals surface area contributed by atoms with Crippen molar-refractivity contribution in [3.05, 3.63) is 34.9 Å². The van der Waals surface area contributed by atoms with Crippen molar-refractivity contribution in [1.82, 2.24) is 9.80 Å². The molecule has 1 fully saturated rings. The molecule has 17 heavy (non-hydrogen) atoms. The Kier molecular flexibility index (Phi) is 3.33. The number of ketones is 1. The third-order valence-corrected chi connectivity index (χ3v) is 3.14. The maximum absolute atomic E-state index is 12.0. The summed E-state index contributed by atoms with van der Waals surface area (Å²) < 4.78 is 0. The predicted molar refractivity (Wildman–Crippen MR) is 65.4 cm³/mol. The van der Waals surface area contributed by atoms with Crippen molar-refractivity contribution in [2.45, 2.75) is 0 Å². The molecule has 0 bridgehead atoms. The highest BCUT2D eigenvalue weighted by atomic mass is 35.5. The van der Waals surface area contributed by atoms with Gasteiger partial charge in [-0.1, -0.05) is 23.7 Å². The van der Waals surface area contributed by atoms with Gasteiger partial charge in [-0.2, -0.15) is 0 Å². The van der Waals surface area contributed by atoms with Crippen molar-refractivity contribution in [1.29, 1.82) is 0 Å². The molecule has 2 amide bonds. The quantitative estimate of drug-likeness (QED) is 0.771. The third kappa shape index (κ3) is 2.42. The molecule has 1 aromatic carbocycles. The summed E-state index contributed by atoms with van der Waals surface area (Å²) >= 11 is 5.93. The number of carbonyl (C=O) groups excluding carboxylic acids is 2. The van der Waals surface area contributed by atoms with Crippen molar-refractivity contribution in [2.75, 3.05) is 26.7 Å². The van der Waals surface area contributed by atoms with Gasteiger partial charge in [-0.15, -0.1) is 0 Å². The molecule has 4 nitrogen and oxygen atoms in total. The fourth-order valence-corrected chi connectivity index (χ4v) is 2.04. The average Bonchev–Trinajstić information content (AvgIpc) is 2.61. The van der Waals surface area contributed by atoms with Gasteiger partial charge in [0.25, 0.3) is 0 Å². The monoisotopic (exact) mass is 252 g/mol. The number of Topliss-reactive ketones (excluding diaryl/α,β-unsaturated/α-hetero) is 1. The minimum absolute atomic E-state index is 0.0902. The second-order valence-corrected chi connectivity index (χ2v) is 4.44. The van der Waals surface area contributed by atoms with Crippen molar-refractivity contribution in [2.24, 2.45) is 0 Å². The standard InChI is InChI=1S/C12H13ClN2O2/c1-14-6-7-15(12(14)17)8-11(16)9-4-2-3-5-10(9)13/h2-5H,6-8H2,1H3. The van der Waals surface area contributed by atoms with Crippen molar-refractivity contribution >= 4 is 23.4 Å². The minimum Gasteiger partial charge on any atom is -0.326 e. The van der Waals surface area contributed by atoms with Gasteiger partial charge in [0.15, 0.2) is 5.78 Å². The molecule has 5 heteroatoms. The molecule has 0 spiro atoms. The molecular weight excluding hydrogens is 240 g/mol. The number of amides is 2. The van der Waals surface area contributed by atoms with Crippen molar-refractivity contribution in [3.63, 3.8) is 0 Å². The molecular formula is C12H13ClN2O2. The van der Waals surface area contributed by atoms with Gasteiger partial charge in [-0.05, 0) is 12.1 Å². The fourth-order valence-electron chi connectivity index (χ4n) is 1.80. The van der Waals surface area contributed by atoms with Crippen molar-refractivity contribution in [3.8, 4) is 0 Å². The number of halogens is 1. The topological polar surface area (TPSA) is 40.6 Å². The molecule has 0 aliphatic carbocycles.